The molecule has 0 saturated heterocycles. The molecule has 1 aliphatic rings. The highest BCUT2D eigenvalue weighted by molar-refractivity contribution is 7.98. The molecule has 0 radical (unpaired) electrons. The molecule has 0 spiro atoms. The molecule has 0 atom stereocenters. The lowest BCUT2D eigenvalue weighted by atomic mass is 10.2. The molecule has 0 fully saturated rings. The Balaban J connectivity index is 1.70. The summed E-state index contributed by atoms with van der Waals surface area (Å²) < 4.78 is 14.7. The number of hydrogen-bond acceptors (Lipinski definition) is 4. The van der Waals surface area contributed by atoms with Gasteiger partial charge in [-0.2, -0.15) is 0 Å². The summed E-state index contributed by atoms with van der Waals surface area (Å²) in [5.74, 6) is 0.185. The zero-order valence-corrected chi connectivity index (χ0v) is 15.3. The number of rotatable bonds is 3. The largest absolute Gasteiger partial charge is 0.290 e. The van der Waals surface area contributed by atoms with Gasteiger partial charge in [-0.1, -0.05) is 29.4 Å². The van der Waals surface area contributed by atoms with Crippen molar-refractivity contribution in [2.75, 3.05) is 0 Å². The van der Waals surface area contributed by atoms with Gasteiger partial charge < -0.3 is 0 Å². The van der Waals surface area contributed by atoms with E-state index < -0.39 is 0 Å². The fraction of sp³-hybridized carbons (Fsp3) is 0.294. The van der Waals surface area contributed by atoms with Gasteiger partial charge in [0.1, 0.15) is 10.6 Å². The smallest absolute Gasteiger partial charge is 0.262 e. The van der Waals surface area contributed by atoms with Gasteiger partial charge in [0.2, 0.25) is 0 Å². The zero-order chi connectivity index (χ0) is 16.8. The molecule has 4 rings (SSSR count). The van der Waals surface area contributed by atoms with Crippen molar-refractivity contribution >= 4 is 44.9 Å². The van der Waals surface area contributed by atoms with Crippen molar-refractivity contribution < 1.29 is 4.39 Å². The summed E-state index contributed by atoms with van der Waals surface area (Å²) in [5, 5.41) is 1.84. The Morgan fingerprint density at radius 1 is 1.42 bits per heavy atom. The molecular weight excluding hydrogens is 367 g/mol. The van der Waals surface area contributed by atoms with Crippen LogP contribution >= 0.6 is 34.7 Å². The third kappa shape index (κ3) is 2.66. The van der Waals surface area contributed by atoms with Gasteiger partial charge in [-0.05, 0) is 42.5 Å². The number of nitrogens with zero attached hydrogens (tertiary/aromatic N) is 2. The number of thiophene rings is 1. The molecule has 2 aromatic heterocycles. The van der Waals surface area contributed by atoms with E-state index in [0.717, 1.165) is 35.0 Å². The first-order valence-electron chi connectivity index (χ1n) is 7.62. The number of fused-ring (bicyclic) bond motifs is 3. The quantitative estimate of drug-likeness (QED) is 0.493. The lowest BCUT2D eigenvalue weighted by Gasteiger charge is -2.08. The molecule has 0 amide bonds. The van der Waals surface area contributed by atoms with Gasteiger partial charge >= 0.3 is 0 Å². The Kier molecular flexibility index (Phi) is 4.14. The van der Waals surface area contributed by atoms with Gasteiger partial charge in [0.15, 0.2) is 5.16 Å². The van der Waals surface area contributed by atoms with Crippen LogP contribution in [-0.4, -0.2) is 9.55 Å². The lowest BCUT2D eigenvalue weighted by molar-refractivity contribution is 0.627. The highest BCUT2D eigenvalue weighted by Crippen LogP contribution is 2.36. The molecule has 24 heavy (non-hydrogen) atoms. The van der Waals surface area contributed by atoms with Crippen molar-refractivity contribution in [3.8, 4) is 0 Å². The number of aromatic nitrogens is 2. The standard InChI is InChI=1S/C17H14ClFN2OS2/c1-21-16(22)14-11-3-2-4-13(11)24-15(14)20-17(21)23-8-9-5-6-10(19)7-12(9)18/h5-7H,2-4,8H2,1H3. The topological polar surface area (TPSA) is 34.9 Å². The first-order chi connectivity index (χ1) is 11.5. The van der Waals surface area contributed by atoms with Crippen molar-refractivity contribution in [2.45, 2.75) is 30.2 Å². The molecule has 1 aromatic carbocycles. The van der Waals surface area contributed by atoms with E-state index in [9.17, 15) is 9.18 Å². The average molecular weight is 381 g/mol. The van der Waals surface area contributed by atoms with E-state index in [-0.39, 0.29) is 11.4 Å². The van der Waals surface area contributed by atoms with E-state index in [1.54, 1.807) is 29.0 Å². The zero-order valence-electron chi connectivity index (χ0n) is 12.9. The minimum atomic E-state index is -0.353. The second-order valence-electron chi connectivity index (χ2n) is 5.82. The summed E-state index contributed by atoms with van der Waals surface area (Å²) in [7, 11) is 1.75. The van der Waals surface area contributed by atoms with Crippen LogP contribution in [0.3, 0.4) is 0 Å². The Labute approximate surface area is 151 Å². The predicted molar refractivity (Wildman–Crippen MR) is 97.9 cm³/mol. The van der Waals surface area contributed by atoms with Crippen molar-refractivity contribution in [3.63, 3.8) is 0 Å². The fourth-order valence-electron chi connectivity index (χ4n) is 3.02. The Morgan fingerprint density at radius 2 is 2.25 bits per heavy atom. The predicted octanol–water partition coefficient (Wildman–Crippen LogP) is 4.57. The summed E-state index contributed by atoms with van der Waals surface area (Å²) >= 11 is 9.15. The fourth-order valence-corrected chi connectivity index (χ4v) is 5.61. The highest BCUT2D eigenvalue weighted by atomic mass is 35.5. The van der Waals surface area contributed by atoms with Crippen molar-refractivity contribution in [1.82, 2.24) is 9.55 Å². The maximum atomic E-state index is 13.1. The summed E-state index contributed by atoms with van der Waals surface area (Å²) in [5.41, 5.74) is 2.04. The van der Waals surface area contributed by atoms with E-state index >= 15 is 0 Å². The molecule has 1 aliphatic carbocycles. The van der Waals surface area contributed by atoms with E-state index in [1.165, 1.54) is 34.3 Å². The van der Waals surface area contributed by atoms with Gasteiger partial charge in [-0.3, -0.25) is 9.36 Å². The van der Waals surface area contributed by atoms with Crippen molar-refractivity contribution in [1.29, 1.82) is 0 Å². The third-order valence-electron chi connectivity index (χ3n) is 4.28. The van der Waals surface area contributed by atoms with Gasteiger partial charge in [-0.15, -0.1) is 11.3 Å². The molecular formula is C17H14ClFN2OS2. The van der Waals surface area contributed by atoms with Crippen LogP contribution in [0.15, 0.2) is 28.2 Å². The van der Waals surface area contributed by atoms with E-state index in [1.807, 2.05) is 0 Å². The van der Waals surface area contributed by atoms with Crippen LogP contribution < -0.4 is 5.56 Å². The van der Waals surface area contributed by atoms with Gasteiger partial charge in [0, 0.05) is 22.7 Å². The molecule has 0 bridgehead atoms. The van der Waals surface area contributed by atoms with Crippen LogP contribution in [-0.2, 0) is 25.6 Å². The first kappa shape index (κ1) is 16.1. The molecule has 2 heterocycles. The monoisotopic (exact) mass is 380 g/mol. The minimum absolute atomic E-state index is 0.0205. The maximum Gasteiger partial charge on any atom is 0.262 e. The number of benzene rings is 1. The van der Waals surface area contributed by atoms with Gasteiger partial charge in [0.05, 0.1) is 5.39 Å². The molecule has 124 valence electrons. The highest BCUT2D eigenvalue weighted by Gasteiger charge is 2.22. The maximum absolute atomic E-state index is 13.1. The Hall–Kier alpha value is -1.37. The van der Waals surface area contributed by atoms with Crippen LogP contribution in [0.1, 0.15) is 22.4 Å². The molecule has 0 aliphatic heterocycles. The Bertz CT molecular complexity index is 1010. The summed E-state index contributed by atoms with van der Waals surface area (Å²) in [6, 6.07) is 4.36. The first-order valence-corrected chi connectivity index (χ1v) is 9.80. The van der Waals surface area contributed by atoms with Crippen LogP contribution in [0, 0.1) is 5.82 Å². The average Bonchev–Trinajstić information content (AvgIpc) is 3.11. The molecule has 0 unspecified atom stereocenters. The van der Waals surface area contributed by atoms with Gasteiger partial charge in [0.25, 0.3) is 5.56 Å². The summed E-state index contributed by atoms with van der Waals surface area (Å²) in [6.45, 7) is 0. The van der Waals surface area contributed by atoms with Crippen molar-refractivity contribution in [2.24, 2.45) is 7.05 Å². The number of thioether (sulfide) groups is 1. The Morgan fingerprint density at radius 3 is 3.04 bits per heavy atom. The molecule has 3 aromatic rings. The SMILES string of the molecule is Cn1c(SCc2ccc(F)cc2Cl)nc2sc3c(c2c1=O)CCC3. The molecule has 7 heteroatoms. The number of hydrogen-bond donors (Lipinski definition) is 0. The van der Waals surface area contributed by atoms with Crippen LogP contribution in [0.5, 0.6) is 0 Å². The molecule has 3 nitrogen and oxygen atoms in total. The molecule has 0 N–H and O–H groups in total. The van der Waals surface area contributed by atoms with Crippen LogP contribution in [0.25, 0.3) is 10.2 Å². The second kappa shape index (κ2) is 6.17. The second-order valence-corrected chi connectivity index (χ2v) is 8.25. The van der Waals surface area contributed by atoms with E-state index in [2.05, 4.69) is 4.98 Å². The normalized spacial score (nSPS) is 13.6. The van der Waals surface area contributed by atoms with E-state index in [0.29, 0.717) is 15.9 Å². The summed E-state index contributed by atoms with van der Waals surface area (Å²) in [6.07, 6.45) is 3.15. The van der Waals surface area contributed by atoms with E-state index in [4.69, 9.17) is 11.6 Å². The lowest BCUT2D eigenvalue weighted by Crippen LogP contribution is -2.20. The minimum Gasteiger partial charge on any atom is -0.290 e. The number of halogens is 2. The molecule has 0 saturated carbocycles. The number of aryl methyl sites for hydroxylation is 2. The van der Waals surface area contributed by atoms with Crippen LogP contribution in [0.4, 0.5) is 4.39 Å². The van der Waals surface area contributed by atoms with Gasteiger partial charge in [-0.25, -0.2) is 9.37 Å². The third-order valence-corrected chi connectivity index (χ3v) is 6.89. The van der Waals surface area contributed by atoms with Crippen LogP contribution in [0.2, 0.25) is 5.02 Å². The van der Waals surface area contributed by atoms with Crippen molar-refractivity contribution in [3.05, 3.63) is 55.4 Å². The summed E-state index contributed by atoms with van der Waals surface area (Å²) in [4.78, 5) is 19.6.